The number of pyridine rings is 1. The van der Waals surface area contributed by atoms with Crippen molar-refractivity contribution in [1.29, 1.82) is 0 Å². The predicted octanol–water partition coefficient (Wildman–Crippen LogP) is 3.43. The highest BCUT2D eigenvalue weighted by Gasteiger charge is 2.10. The van der Waals surface area contributed by atoms with E-state index in [-0.39, 0.29) is 10.9 Å². The lowest BCUT2D eigenvalue weighted by Crippen LogP contribution is -2.17. The van der Waals surface area contributed by atoms with Gasteiger partial charge in [-0.3, -0.25) is 20.4 Å². The van der Waals surface area contributed by atoms with Crippen LogP contribution >= 0.6 is 0 Å². The van der Waals surface area contributed by atoms with Crippen LogP contribution in [0.3, 0.4) is 0 Å². The van der Waals surface area contributed by atoms with Crippen molar-refractivity contribution in [2.24, 2.45) is 0 Å². The molecule has 9 nitrogen and oxygen atoms in total. The van der Waals surface area contributed by atoms with E-state index in [1.807, 2.05) is 19.1 Å². The monoisotopic (exact) mass is 414 g/mol. The highest BCUT2D eigenvalue weighted by molar-refractivity contribution is 7.85. The Morgan fingerprint density at radius 2 is 1.72 bits per heavy atom. The summed E-state index contributed by atoms with van der Waals surface area (Å²) in [5, 5.41) is 3.26. The summed E-state index contributed by atoms with van der Waals surface area (Å²) in [5.74, 6) is 1.01. The van der Waals surface area contributed by atoms with Gasteiger partial charge in [0, 0.05) is 30.1 Å². The standard InChI is InChI=1S/C19H22N6O3S/c1-3-13(2)21-19-22-17(14-8-10-20-11-9-14)12-18(23-19)25-24-15-4-6-16(7-5-15)29(26,27)28/h4-13,24H,3H2,1-2H3,(H,26,27,28)(H2,21,22,23,25)/t13-/m0/s1. The number of hydrogen-bond acceptors (Lipinski definition) is 8. The fourth-order valence-electron chi connectivity index (χ4n) is 2.42. The lowest BCUT2D eigenvalue weighted by atomic mass is 10.2. The summed E-state index contributed by atoms with van der Waals surface area (Å²) in [6.45, 7) is 4.12. The van der Waals surface area contributed by atoms with Gasteiger partial charge in [0.15, 0.2) is 5.82 Å². The van der Waals surface area contributed by atoms with Gasteiger partial charge in [-0.15, -0.1) is 0 Å². The van der Waals surface area contributed by atoms with Crippen molar-refractivity contribution < 1.29 is 13.0 Å². The molecule has 2 heterocycles. The van der Waals surface area contributed by atoms with Crippen LogP contribution in [0, 0.1) is 0 Å². The first-order valence-corrected chi connectivity index (χ1v) is 10.4. The van der Waals surface area contributed by atoms with Crippen LogP contribution < -0.4 is 16.2 Å². The van der Waals surface area contributed by atoms with Gasteiger partial charge in [-0.2, -0.15) is 13.4 Å². The number of aromatic nitrogens is 3. The molecule has 152 valence electrons. The summed E-state index contributed by atoms with van der Waals surface area (Å²) < 4.78 is 31.3. The first-order chi connectivity index (χ1) is 13.8. The molecule has 0 bridgehead atoms. The van der Waals surface area contributed by atoms with Crippen molar-refractivity contribution in [3.8, 4) is 11.3 Å². The molecule has 29 heavy (non-hydrogen) atoms. The number of benzene rings is 1. The highest BCUT2D eigenvalue weighted by atomic mass is 32.2. The van der Waals surface area contributed by atoms with E-state index in [9.17, 15) is 8.42 Å². The zero-order chi connectivity index (χ0) is 20.9. The number of hydrazine groups is 1. The molecule has 0 aliphatic heterocycles. The first kappa shape index (κ1) is 20.5. The van der Waals surface area contributed by atoms with E-state index in [0.29, 0.717) is 17.5 Å². The minimum Gasteiger partial charge on any atom is -0.352 e. The van der Waals surface area contributed by atoms with Gasteiger partial charge < -0.3 is 5.32 Å². The Bertz CT molecular complexity index is 1060. The summed E-state index contributed by atoms with van der Waals surface area (Å²) in [6.07, 6.45) is 4.31. The number of hydrogen-bond donors (Lipinski definition) is 4. The molecule has 3 aromatic rings. The molecule has 1 aromatic carbocycles. The summed E-state index contributed by atoms with van der Waals surface area (Å²) in [6, 6.07) is 11.4. The fraction of sp³-hybridized carbons (Fsp3) is 0.211. The second-order valence-electron chi connectivity index (χ2n) is 6.40. The predicted molar refractivity (Wildman–Crippen MR) is 112 cm³/mol. The molecule has 2 aromatic heterocycles. The summed E-state index contributed by atoms with van der Waals surface area (Å²) in [5.41, 5.74) is 8.16. The van der Waals surface area contributed by atoms with Crippen LogP contribution in [0.5, 0.6) is 0 Å². The Morgan fingerprint density at radius 1 is 1.03 bits per heavy atom. The number of nitrogens with one attached hydrogen (secondary N) is 3. The Kier molecular flexibility index (Phi) is 6.25. The first-order valence-electron chi connectivity index (χ1n) is 9.00. The Balaban J connectivity index is 1.82. The van der Waals surface area contributed by atoms with Gasteiger partial charge in [-0.25, -0.2) is 4.98 Å². The van der Waals surface area contributed by atoms with Crippen LogP contribution in [0.25, 0.3) is 11.3 Å². The Labute approximate surface area is 169 Å². The fourth-order valence-corrected chi connectivity index (χ4v) is 2.90. The maximum absolute atomic E-state index is 11.1. The van der Waals surface area contributed by atoms with Gasteiger partial charge in [0.2, 0.25) is 5.95 Å². The second-order valence-corrected chi connectivity index (χ2v) is 7.82. The number of nitrogens with zero attached hydrogens (tertiary/aromatic N) is 3. The van der Waals surface area contributed by atoms with Crippen molar-refractivity contribution in [2.75, 3.05) is 16.2 Å². The molecule has 0 aliphatic rings. The molecule has 10 heteroatoms. The van der Waals surface area contributed by atoms with Gasteiger partial charge in [0.25, 0.3) is 10.1 Å². The van der Waals surface area contributed by atoms with Crippen molar-refractivity contribution in [3.05, 3.63) is 54.9 Å². The lowest BCUT2D eigenvalue weighted by molar-refractivity contribution is 0.483. The van der Waals surface area contributed by atoms with E-state index in [4.69, 9.17) is 4.55 Å². The molecule has 4 N–H and O–H groups in total. The maximum Gasteiger partial charge on any atom is 0.294 e. The Morgan fingerprint density at radius 3 is 2.34 bits per heavy atom. The van der Waals surface area contributed by atoms with Crippen LogP contribution in [-0.2, 0) is 10.1 Å². The van der Waals surface area contributed by atoms with Gasteiger partial charge in [-0.1, -0.05) is 6.92 Å². The second kappa shape index (κ2) is 8.84. The average molecular weight is 414 g/mol. The van der Waals surface area contributed by atoms with Crippen LogP contribution in [0.4, 0.5) is 17.5 Å². The molecule has 0 unspecified atom stereocenters. The quantitative estimate of drug-likeness (QED) is 0.323. The van der Waals surface area contributed by atoms with Gasteiger partial charge >= 0.3 is 0 Å². The van der Waals surface area contributed by atoms with E-state index >= 15 is 0 Å². The van der Waals surface area contributed by atoms with E-state index < -0.39 is 10.1 Å². The SMILES string of the molecule is CC[C@H](C)Nc1nc(NNc2ccc(S(=O)(=O)O)cc2)cc(-c2ccncc2)n1. The molecule has 0 radical (unpaired) electrons. The topological polar surface area (TPSA) is 129 Å². The molecule has 0 fully saturated rings. The van der Waals surface area contributed by atoms with Crippen molar-refractivity contribution in [2.45, 2.75) is 31.2 Å². The summed E-state index contributed by atoms with van der Waals surface area (Å²) in [4.78, 5) is 12.9. The molecule has 0 aliphatic carbocycles. The molecule has 3 rings (SSSR count). The van der Waals surface area contributed by atoms with Gasteiger partial charge in [0.05, 0.1) is 16.3 Å². The number of anilines is 3. The van der Waals surface area contributed by atoms with Crippen molar-refractivity contribution >= 4 is 27.6 Å². The summed E-state index contributed by atoms with van der Waals surface area (Å²) in [7, 11) is -4.22. The van der Waals surface area contributed by atoms with Crippen LogP contribution in [-0.4, -0.2) is 34.0 Å². The molecule has 0 amide bonds. The lowest BCUT2D eigenvalue weighted by Gasteiger charge is -2.15. The average Bonchev–Trinajstić information content (AvgIpc) is 2.72. The molecule has 0 saturated heterocycles. The third kappa shape index (κ3) is 5.62. The minimum atomic E-state index is -4.22. The Hall–Kier alpha value is -3.24. The zero-order valence-corrected chi connectivity index (χ0v) is 16.8. The number of rotatable bonds is 8. The third-order valence-electron chi connectivity index (χ3n) is 4.18. The molecule has 0 spiro atoms. The van der Waals surface area contributed by atoms with Crippen molar-refractivity contribution in [1.82, 2.24) is 15.0 Å². The van der Waals surface area contributed by atoms with Crippen LogP contribution in [0.1, 0.15) is 20.3 Å². The highest BCUT2D eigenvalue weighted by Crippen LogP contribution is 2.22. The van der Waals surface area contributed by atoms with E-state index in [0.717, 1.165) is 17.7 Å². The minimum absolute atomic E-state index is 0.176. The van der Waals surface area contributed by atoms with Crippen molar-refractivity contribution in [3.63, 3.8) is 0 Å². The maximum atomic E-state index is 11.1. The van der Waals surface area contributed by atoms with E-state index in [2.05, 4.69) is 38.0 Å². The smallest absolute Gasteiger partial charge is 0.294 e. The molecule has 1 atom stereocenters. The largest absolute Gasteiger partial charge is 0.352 e. The van der Waals surface area contributed by atoms with Gasteiger partial charge in [0.1, 0.15) is 0 Å². The van der Waals surface area contributed by atoms with E-state index in [1.165, 1.54) is 24.3 Å². The van der Waals surface area contributed by atoms with E-state index in [1.54, 1.807) is 18.5 Å². The molecule has 0 saturated carbocycles. The normalized spacial score (nSPS) is 12.2. The molecular weight excluding hydrogens is 392 g/mol. The van der Waals surface area contributed by atoms with Gasteiger partial charge in [-0.05, 0) is 49.7 Å². The molecular formula is C19H22N6O3S. The van der Waals surface area contributed by atoms with Crippen LogP contribution in [0.2, 0.25) is 0 Å². The summed E-state index contributed by atoms with van der Waals surface area (Å²) >= 11 is 0. The van der Waals surface area contributed by atoms with Crippen LogP contribution in [0.15, 0.2) is 59.8 Å². The zero-order valence-electron chi connectivity index (χ0n) is 16.0. The third-order valence-corrected chi connectivity index (χ3v) is 5.05.